The van der Waals surface area contributed by atoms with Crippen LogP contribution in [0.5, 0.6) is 0 Å². The zero-order valence-corrected chi connectivity index (χ0v) is 13.2. The van der Waals surface area contributed by atoms with E-state index in [0.717, 1.165) is 27.6 Å². The van der Waals surface area contributed by atoms with E-state index >= 15 is 0 Å². The van der Waals surface area contributed by atoms with Gasteiger partial charge in [-0.1, -0.05) is 31.9 Å². The number of benzene rings is 1. The fourth-order valence-corrected chi connectivity index (χ4v) is 2.85. The second-order valence-corrected chi connectivity index (χ2v) is 4.93. The number of rotatable bonds is 5. The van der Waals surface area contributed by atoms with Crippen LogP contribution < -0.4 is 11.1 Å². The molecule has 1 rings (SSSR count). The maximum absolute atomic E-state index is 5.97. The Balaban J connectivity index is 3.27. The van der Waals surface area contributed by atoms with Gasteiger partial charge in [-0.05, 0) is 31.5 Å². The van der Waals surface area contributed by atoms with E-state index in [1.807, 2.05) is 13.0 Å². The monoisotopic (exact) mass is 361 g/mol. The van der Waals surface area contributed by atoms with Gasteiger partial charge in [-0.3, -0.25) is 4.99 Å². The largest absolute Gasteiger partial charge is 0.385 e. The van der Waals surface area contributed by atoms with E-state index in [0.29, 0.717) is 12.4 Å². The Kier molecular flexibility index (Phi) is 5.98. The van der Waals surface area contributed by atoms with Crippen LogP contribution in [0.4, 0.5) is 5.69 Å². The van der Waals surface area contributed by atoms with E-state index in [-0.39, 0.29) is 0 Å². The van der Waals surface area contributed by atoms with Crippen molar-refractivity contribution in [1.82, 2.24) is 0 Å². The Morgan fingerprint density at radius 1 is 1.41 bits per heavy atom. The number of halogens is 2. The summed E-state index contributed by atoms with van der Waals surface area (Å²) in [7, 11) is 0. The highest BCUT2D eigenvalue weighted by molar-refractivity contribution is 9.10. The first kappa shape index (κ1) is 14.5. The van der Waals surface area contributed by atoms with Crippen LogP contribution in [-0.4, -0.2) is 18.9 Å². The molecule has 0 atom stereocenters. The topological polar surface area (TPSA) is 50.4 Å². The van der Waals surface area contributed by atoms with Gasteiger partial charge in [-0.15, -0.1) is 0 Å². The van der Waals surface area contributed by atoms with Gasteiger partial charge in [-0.2, -0.15) is 0 Å². The first-order chi connectivity index (χ1) is 8.13. The van der Waals surface area contributed by atoms with Crippen molar-refractivity contribution in [3.05, 3.63) is 27.7 Å². The highest BCUT2D eigenvalue weighted by Crippen LogP contribution is 2.27. The molecule has 0 bridgehead atoms. The van der Waals surface area contributed by atoms with Crippen molar-refractivity contribution >= 4 is 43.4 Å². The number of alkyl halides is 1. The van der Waals surface area contributed by atoms with Crippen molar-refractivity contribution in [2.24, 2.45) is 10.7 Å². The van der Waals surface area contributed by atoms with Crippen molar-refractivity contribution in [2.75, 3.05) is 18.4 Å². The van der Waals surface area contributed by atoms with E-state index < -0.39 is 0 Å². The van der Waals surface area contributed by atoms with Crippen LogP contribution in [0, 0.1) is 0 Å². The molecule has 0 amide bonds. The summed E-state index contributed by atoms with van der Waals surface area (Å²) in [4.78, 5) is 4.26. The fourth-order valence-electron chi connectivity index (χ4n) is 1.52. The molecular formula is C12H17Br2N3. The lowest BCUT2D eigenvalue weighted by molar-refractivity contribution is 1.12. The molecule has 1 aromatic carbocycles. The lowest BCUT2D eigenvalue weighted by atomic mass is 10.1. The molecule has 3 N–H and O–H groups in total. The number of nitrogens with one attached hydrogen (secondary N) is 1. The second-order valence-electron chi connectivity index (χ2n) is 3.51. The van der Waals surface area contributed by atoms with Gasteiger partial charge in [-0.25, -0.2) is 0 Å². The number of nitrogens with two attached hydrogens (primary N) is 1. The third kappa shape index (κ3) is 3.71. The van der Waals surface area contributed by atoms with E-state index in [2.05, 4.69) is 55.2 Å². The predicted octanol–water partition coefficient (Wildman–Crippen LogP) is 3.50. The highest BCUT2D eigenvalue weighted by Gasteiger charge is 2.10. The molecule has 0 heterocycles. The van der Waals surface area contributed by atoms with Crippen LogP contribution in [0.3, 0.4) is 0 Å². The van der Waals surface area contributed by atoms with Crippen LogP contribution in [0.15, 0.2) is 21.6 Å². The molecule has 0 unspecified atom stereocenters. The summed E-state index contributed by atoms with van der Waals surface area (Å²) in [5.74, 6) is 0.574. The summed E-state index contributed by atoms with van der Waals surface area (Å²) < 4.78 is 1.04. The maximum atomic E-state index is 5.97. The van der Waals surface area contributed by atoms with Gasteiger partial charge in [0.2, 0.25) is 0 Å². The zero-order chi connectivity index (χ0) is 12.8. The van der Waals surface area contributed by atoms with Crippen molar-refractivity contribution < 1.29 is 0 Å². The van der Waals surface area contributed by atoms with Crippen LogP contribution >= 0.6 is 31.9 Å². The van der Waals surface area contributed by atoms with Crippen molar-refractivity contribution in [3.8, 4) is 0 Å². The predicted molar refractivity (Wildman–Crippen MR) is 82.2 cm³/mol. The van der Waals surface area contributed by atoms with Crippen molar-refractivity contribution in [1.29, 1.82) is 0 Å². The Hall–Kier alpha value is -0.550. The first-order valence-corrected chi connectivity index (χ1v) is 7.48. The molecule has 17 heavy (non-hydrogen) atoms. The van der Waals surface area contributed by atoms with Gasteiger partial charge in [0.25, 0.3) is 0 Å². The Labute approximate surface area is 119 Å². The third-order valence-electron chi connectivity index (χ3n) is 2.30. The average molecular weight is 363 g/mol. The van der Waals surface area contributed by atoms with Crippen molar-refractivity contribution in [3.63, 3.8) is 0 Å². The summed E-state index contributed by atoms with van der Waals surface area (Å²) in [5.41, 5.74) is 9.14. The Morgan fingerprint density at radius 3 is 2.65 bits per heavy atom. The molecule has 0 aromatic heterocycles. The molecule has 0 saturated heterocycles. The van der Waals surface area contributed by atoms with Crippen LogP contribution in [0.2, 0.25) is 0 Å². The summed E-state index contributed by atoms with van der Waals surface area (Å²) in [5, 5.41) is 4.12. The third-order valence-corrected chi connectivity index (χ3v) is 3.64. The molecule has 0 aliphatic rings. The fraction of sp³-hybridized carbons (Fsp3) is 0.417. The molecule has 0 radical (unpaired) electrons. The van der Waals surface area contributed by atoms with Crippen LogP contribution in [0.1, 0.15) is 25.0 Å². The zero-order valence-electron chi connectivity index (χ0n) is 10.1. The second kappa shape index (κ2) is 7.01. The summed E-state index contributed by atoms with van der Waals surface area (Å²) in [6.45, 7) is 5.58. The van der Waals surface area contributed by atoms with Crippen LogP contribution in [-0.2, 0) is 5.33 Å². The minimum atomic E-state index is 0.574. The van der Waals surface area contributed by atoms with Gasteiger partial charge in [0, 0.05) is 34.1 Å². The number of nitrogens with zero attached hydrogens (tertiary/aromatic N) is 1. The minimum absolute atomic E-state index is 0.574. The molecule has 3 nitrogen and oxygen atoms in total. The normalized spacial score (nSPS) is 11.6. The number of amidine groups is 1. The molecular weight excluding hydrogens is 346 g/mol. The lowest BCUT2D eigenvalue weighted by Gasteiger charge is -2.13. The molecule has 0 fully saturated rings. The van der Waals surface area contributed by atoms with E-state index in [1.54, 1.807) is 0 Å². The molecule has 0 saturated carbocycles. The van der Waals surface area contributed by atoms with Gasteiger partial charge in [0.15, 0.2) is 0 Å². The standard InChI is InChI=1S/C12H17Br2N3/c1-3-16-11-5-8(7-13)10(14)6-9(11)12(15)17-4-2/h5-6,16H,3-4,7H2,1-2H3,(H2,15,17). The molecule has 0 spiro atoms. The molecule has 0 aliphatic heterocycles. The minimum Gasteiger partial charge on any atom is -0.385 e. The smallest absolute Gasteiger partial charge is 0.127 e. The maximum Gasteiger partial charge on any atom is 0.127 e. The molecule has 94 valence electrons. The van der Waals surface area contributed by atoms with Gasteiger partial charge in [0.1, 0.15) is 5.84 Å². The number of hydrogen-bond donors (Lipinski definition) is 2. The Morgan fingerprint density at radius 2 is 2.12 bits per heavy atom. The summed E-state index contributed by atoms with van der Waals surface area (Å²) >= 11 is 7.01. The van der Waals surface area contributed by atoms with Crippen LogP contribution in [0.25, 0.3) is 0 Å². The Bertz CT molecular complexity index is 416. The number of aliphatic imine (C=N–C) groups is 1. The van der Waals surface area contributed by atoms with E-state index in [4.69, 9.17) is 5.73 Å². The average Bonchev–Trinajstić information content (AvgIpc) is 2.31. The molecule has 1 aromatic rings. The van der Waals surface area contributed by atoms with Crippen molar-refractivity contribution in [2.45, 2.75) is 19.2 Å². The van der Waals surface area contributed by atoms with Gasteiger partial charge < -0.3 is 11.1 Å². The quantitative estimate of drug-likeness (QED) is 0.478. The van der Waals surface area contributed by atoms with Gasteiger partial charge in [0.05, 0.1) is 0 Å². The summed E-state index contributed by atoms with van der Waals surface area (Å²) in [6, 6.07) is 4.11. The first-order valence-electron chi connectivity index (χ1n) is 5.56. The number of hydrogen-bond acceptors (Lipinski definition) is 2. The number of anilines is 1. The van der Waals surface area contributed by atoms with E-state index in [1.165, 1.54) is 5.56 Å². The SMILES string of the molecule is CCN=C(N)c1cc(Br)c(CBr)cc1NCC. The molecule has 0 aliphatic carbocycles. The van der Waals surface area contributed by atoms with Gasteiger partial charge >= 0.3 is 0 Å². The lowest BCUT2D eigenvalue weighted by Crippen LogP contribution is -2.17. The summed E-state index contributed by atoms with van der Waals surface area (Å²) in [6.07, 6.45) is 0. The highest BCUT2D eigenvalue weighted by atomic mass is 79.9. The van der Waals surface area contributed by atoms with E-state index in [9.17, 15) is 0 Å². The molecule has 5 heteroatoms.